The molecule has 1 heterocycles. The zero-order valence-corrected chi connectivity index (χ0v) is 18.9. The molecular formula is C27H28N2O3. The molecule has 0 spiro atoms. The van der Waals surface area contributed by atoms with Gasteiger partial charge in [0.05, 0.1) is 5.92 Å². The number of nitrogens with zero attached hydrogens (tertiary/aromatic N) is 1. The van der Waals surface area contributed by atoms with E-state index in [-0.39, 0.29) is 24.2 Å². The van der Waals surface area contributed by atoms with E-state index in [0.29, 0.717) is 18.0 Å². The monoisotopic (exact) mass is 428 g/mol. The van der Waals surface area contributed by atoms with Crippen molar-refractivity contribution in [3.05, 3.63) is 82.9 Å². The minimum atomic E-state index is -0.380. The van der Waals surface area contributed by atoms with Gasteiger partial charge < -0.3 is 15.0 Å². The largest absolute Gasteiger partial charge is 0.457 e. The quantitative estimate of drug-likeness (QED) is 0.567. The van der Waals surface area contributed by atoms with E-state index in [9.17, 15) is 9.59 Å². The Bertz CT molecular complexity index is 1150. The van der Waals surface area contributed by atoms with Crippen molar-refractivity contribution in [3.63, 3.8) is 0 Å². The van der Waals surface area contributed by atoms with Gasteiger partial charge >= 0.3 is 0 Å². The number of hydrogen-bond acceptors (Lipinski definition) is 3. The van der Waals surface area contributed by atoms with E-state index < -0.39 is 0 Å². The number of amides is 2. The number of hydrogen-bond donors (Lipinski definition) is 1. The van der Waals surface area contributed by atoms with Gasteiger partial charge in [0, 0.05) is 24.3 Å². The lowest BCUT2D eigenvalue weighted by Crippen LogP contribution is -2.28. The van der Waals surface area contributed by atoms with Gasteiger partial charge in [-0.3, -0.25) is 9.59 Å². The lowest BCUT2D eigenvalue weighted by molar-refractivity contribution is -0.122. The van der Waals surface area contributed by atoms with E-state index in [1.807, 2.05) is 69.3 Å². The molecule has 32 heavy (non-hydrogen) atoms. The maximum atomic E-state index is 12.8. The fourth-order valence-corrected chi connectivity index (χ4v) is 4.05. The van der Waals surface area contributed by atoms with Crippen molar-refractivity contribution in [1.82, 2.24) is 0 Å². The number of nitrogens with one attached hydrogen (secondary N) is 1. The zero-order valence-electron chi connectivity index (χ0n) is 18.9. The van der Waals surface area contributed by atoms with Gasteiger partial charge in [-0.05, 0) is 92.4 Å². The molecule has 1 fully saturated rings. The average Bonchev–Trinajstić information content (AvgIpc) is 3.14. The molecule has 1 N–H and O–H groups in total. The van der Waals surface area contributed by atoms with E-state index in [4.69, 9.17) is 4.74 Å². The number of aryl methyl sites for hydroxylation is 3. The van der Waals surface area contributed by atoms with Gasteiger partial charge in [0.1, 0.15) is 11.5 Å². The first-order valence-corrected chi connectivity index (χ1v) is 10.8. The molecular weight excluding hydrogens is 400 g/mol. The highest BCUT2D eigenvalue weighted by Gasteiger charge is 2.35. The Morgan fingerprint density at radius 1 is 0.969 bits per heavy atom. The summed E-state index contributed by atoms with van der Waals surface area (Å²) in [6.07, 6.45) is 0.215. The summed E-state index contributed by atoms with van der Waals surface area (Å²) >= 11 is 0. The van der Waals surface area contributed by atoms with Crippen molar-refractivity contribution >= 4 is 23.2 Å². The summed E-state index contributed by atoms with van der Waals surface area (Å²) in [6.45, 7) is 8.49. The van der Waals surface area contributed by atoms with Crippen LogP contribution in [0.2, 0.25) is 0 Å². The minimum absolute atomic E-state index is 0.0209. The molecule has 0 radical (unpaired) electrons. The smallest absolute Gasteiger partial charge is 0.229 e. The molecule has 0 aliphatic carbocycles. The fourth-order valence-electron chi connectivity index (χ4n) is 4.05. The number of carbonyl (C=O) groups excluding carboxylic acids is 2. The van der Waals surface area contributed by atoms with Crippen molar-refractivity contribution in [2.75, 3.05) is 16.8 Å². The van der Waals surface area contributed by atoms with Crippen LogP contribution in [0.25, 0.3) is 0 Å². The van der Waals surface area contributed by atoms with Crippen LogP contribution >= 0.6 is 0 Å². The number of rotatable bonds is 5. The summed E-state index contributed by atoms with van der Waals surface area (Å²) in [5.74, 6) is 0.974. The van der Waals surface area contributed by atoms with Gasteiger partial charge in [0.2, 0.25) is 11.8 Å². The predicted molar refractivity (Wildman–Crippen MR) is 127 cm³/mol. The molecule has 0 saturated carbocycles. The number of benzene rings is 3. The van der Waals surface area contributed by atoms with Crippen LogP contribution in [0.4, 0.5) is 11.4 Å². The topological polar surface area (TPSA) is 58.6 Å². The van der Waals surface area contributed by atoms with Crippen molar-refractivity contribution in [3.8, 4) is 11.5 Å². The van der Waals surface area contributed by atoms with Crippen molar-refractivity contribution < 1.29 is 14.3 Å². The van der Waals surface area contributed by atoms with E-state index in [0.717, 1.165) is 28.1 Å². The van der Waals surface area contributed by atoms with Gasteiger partial charge in [0.15, 0.2) is 0 Å². The molecule has 1 saturated heterocycles. The lowest BCUT2D eigenvalue weighted by atomic mass is 10.1. The Morgan fingerprint density at radius 3 is 2.34 bits per heavy atom. The maximum Gasteiger partial charge on any atom is 0.229 e. The highest BCUT2D eigenvalue weighted by molar-refractivity contribution is 6.03. The summed E-state index contributed by atoms with van der Waals surface area (Å²) in [6, 6.07) is 19.3. The third-order valence-electron chi connectivity index (χ3n) is 5.92. The van der Waals surface area contributed by atoms with Crippen LogP contribution in [0.3, 0.4) is 0 Å². The van der Waals surface area contributed by atoms with Crippen LogP contribution in [-0.2, 0) is 9.59 Å². The van der Waals surface area contributed by atoms with E-state index in [1.54, 1.807) is 4.90 Å². The van der Waals surface area contributed by atoms with Crippen LogP contribution < -0.4 is 15.0 Å². The highest BCUT2D eigenvalue weighted by atomic mass is 16.5. The second-order valence-electron chi connectivity index (χ2n) is 8.57. The Kier molecular flexibility index (Phi) is 5.99. The average molecular weight is 429 g/mol. The van der Waals surface area contributed by atoms with Gasteiger partial charge in [-0.25, -0.2) is 0 Å². The van der Waals surface area contributed by atoms with Gasteiger partial charge in [-0.1, -0.05) is 18.2 Å². The summed E-state index contributed by atoms with van der Waals surface area (Å²) in [5, 5.41) is 2.94. The van der Waals surface area contributed by atoms with Gasteiger partial charge in [0.25, 0.3) is 0 Å². The maximum absolute atomic E-state index is 12.8. The van der Waals surface area contributed by atoms with Crippen LogP contribution in [0.1, 0.15) is 28.7 Å². The highest BCUT2D eigenvalue weighted by Crippen LogP contribution is 2.29. The molecule has 1 aliphatic heterocycles. The summed E-state index contributed by atoms with van der Waals surface area (Å²) < 4.78 is 5.98. The van der Waals surface area contributed by atoms with Crippen LogP contribution in [-0.4, -0.2) is 18.4 Å². The zero-order chi connectivity index (χ0) is 22.8. The standard InChI is InChI=1S/C27H28N2O3/c1-17-12-18(2)14-23(13-17)29-16-21(15-26(29)30)27(31)28-22-8-10-24(11-9-22)32-25-7-5-6-19(3)20(25)4/h5-14,21H,15-16H2,1-4H3,(H,28,31)/t21-/m1/s1. The Hall–Kier alpha value is -3.60. The number of ether oxygens (including phenoxy) is 1. The van der Waals surface area contributed by atoms with Crippen molar-refractivity contribution in [2.24, 2.45) is 5.92 Å². The molecule has 1 aliphatic rings. The minimum Gasteiger partial charge on any atom is -0.457 e. The normalized spacial score (nSPS) is 15.7. The summed E-state index contributed by atoms with van der Waals surface area (Å²) in [4.78, 5) is 27.1. The third-order valence-corrected chi connectivity index (χ3v) is 5.92. The number of carbonyl (C=O) groups is 2. The number of anilines is 2. The molecule has 2 amide bonds. The summed E-state index contributed by atoms with van der Waals surface area (Å²) in [7, 11) is 0. The first kappa shape index (κ1) is 21.6. The van der Waals surface area contributed by atoms with Gasteiger partial charge in [-0.2, -0.15) is 0 Å². The van der Waals surface area contributed by atoms with Crippen LogP contribution in [0.15, 0.2) is 60.7 Å². The summed E-state index contributed by atoms with van der Waals surface area (Å²) in [5.41, 5.74) is 6.01. The van der Waals surface area contributed by atoms with Crippen molar-refractivity contribution in [2.45, 2.75) is 34.1 Å². The Morgan fingerprint density at radius 2 is 1.66 bits per heavy atom. The first-order valence-electron chi connectivity index (χ1n) is 10.8. The predicted octanol–water partition coefficient (Wildman–Crippen LogP) is 5.70. The van der Waals surface area contributed by atoms with E-state index in [2.05, 4.69) is 24.4 Å². The Balaban J connectivity index is 1.40. The molecule has 0 unspecified atom stereocenters. The molecule has 3 aromatic carbocycles. The van der Waals surface area contributed by atoms with E-state index in [1.165, 1.54) is 5.56 Å². The molecule has 3 aromatic rings. The Labute approximate surface area is 189 Å². The molecule has 0 aromatic heterocycles. The second-order valence-corrected chi connectivity index (χ2v) is 8.57. The molecule has 4 rings (SSSR count). The second kappa shape index (κ2) is 8.87. The van der Waals surface area contributed by atoms with E-state index >= 15 is 0 Å². The first-order chi connectivity index (χ1) is 15.3. The third kappa shape index (κ3) is 4.67. The van der Waals surface area contributed by atoms with Gasteiger partial charge in [-0.15, -0.1) is 0 Å². The SMILES string of the molecule is Cc1cc(C)cc(N2C[C@H](C(=O)Nc3ccc(Oc4cccc(C)c4C)cc3)CC2=O)c1. The molecule has 0 bridgehead atoms. The fraction of sp³-hybridized carbons (Fsp3) is 0.259. The van der Waals surface area contributed by atoms with Crippen molar-refractivity contribution in [1.29, 1.82) is 0 Å². The molecule has 5 heteroatoms. The molecule has 164 valence electrons. The lowest BCUT2D eigenvalue weighted by Gasteiger charge is -2.18. The van der Waals surface area contributed by atoms with Crippen LogP contribution in [0, 0.1) is 33.6 Å². The van der Waals surface area contributed by atoms with Crippen LogP contribution in [0.5, 0.6) is 11.5 Å². The molecule has 1 atom stereocenters. The molecule has 5 nitrogen and oxygen atoms in total.